The Bertz CT molecular complexity index is 180. The van der Waals surface area contributed by atoms with Gasteiger partial charge in [0.1, 0.15) is 11.6 Å². The lowest BCUT2D eigenvalue weighted by Crippen LogP contribution is -2.48. The minimum Gasteiger partial charge on any atom is -0.459 e. The van der Waals surface area contributed by atoms with Gasteiger partial charge in [-0.3, -0.25) is 4.79 Å². The van der Waals surface area contributed by atoms with Crippen molar-refractivity contribution >= 4 is 5.97 Å². The van der Waals surface area contributed by atoms with Crippen LogP contribution in [0.25, 0.3) is 0 Å². The van der Waals surface area contributed by atoms with E-state index in [1.807, 2.05) is 13.8 Å². The molecule has 0 saturated carbocycles. The normalized spacial score (nSPS) is 13.8. The first-order valence-electron chi connectivity index (χ1n) is 4.89. The first-order valence-corrected chi connectivity index (χ1v) is 4.89. The van der Waals surface area contributed by atoms with Crippen LogP contribution in [-0.4, -0.2) is 37.9 Å². The molecule has 0 aliphatic rings. The van der Waals surface area contributed by atoms with Gasteiger partial charge in [0.15, 0.2) is 0 Å². The van der Waals surface area contributed by atoms with Crippen molar-refractivity contribution in [3.8, 4) is 0 Å². The van der Waals surface area contributed by atoms with Crippen molar-refractivity contribution in [2.24, 2.45) is 0 Å². The van der Waals surface area contributed by atoms with Gasteiger partial charge in [0.25, 0.3) is 0 Å². The smallest absolute Gasteiger partial charge is 0.326 e. The third-order valence-corrected chi connectivity index (χ3v) is 1.84. The second-order valence-corrected chi connectivity index (χ2v) is 3.83. The van der Waals surface area contributed by atoms with Crippen LogP contribution in [-0.2, 0) is 14.3 Å². The molecule has 0 aromatic rings. The molecule has 1 unspecified atom stereocenters. The third-order valence-electron chi connectivity index (χ3n) is 1.84. The summed E-state index contributed by atoms with van der Waals surface area (Å²) in [6.07, 6.45) is -0.203. The monoisotopic (exact) mass is 203 g/mol. The third kappa shape index (κ3) is 4.58. The number of rotatable bonds is 6. The minimum atomic E-state index is -0.628. The Morgan fingerprint density at radius 2 is 2.07 bits per heavy atom. The number of likely N-dealkylation sites (N-methyl/N-ethyl adjacent to an activating group) is 1. The van der Waals surface area contributed by atoms with E-state index in [-0.39, 0.29) is 12.1 Å². The lowest BCUT2D eigenvalue weighted by Gasteiger charge is -2.25. The average molecular weight is 203 g/mol. The van der Waals surface area contributed by atoms with E-state index in [1.54, 1.807) is 21.0 Å². The van der Waals surface area contributed by atoms with Gasteiger partial charge < -0.3 is 14.8 Å². The molecule has 1 N–H and O–H groups in total. The fraction of sp³-hybridized carbons (Fsp3) is 0.900. The van der Waals surface area contributed by atoms with E-state index in [2.05, 4.69) is 5.32 Å². The van der Waals surface area contributed by atoms with Crippen molar-refractivity contribution in [1.82, 2.24) is 5.32 Å². The Morgan fingerprint density at radius 1 is 1.50 bits per heavy atom. The molecule has 84 valence electrons. The Kier molecular flexibility index (Phi) is 5.72. The maximum absolute atomic E-state index is 11.6. The number of carbonyl (C=O) groups is 1. The van der Waals surface area contributed by atoms with E-state index >= 15 is 0 Å². The molecule has 4 nitrogen and oxygen atoms in total. The molecule has 0 bridgehead atoms. The topological polar surface area (TPSA) is 47.6 Å². The molecule has 0 radical (unpaired) electrons. The zero-order chi connectivity index (χ0) is 11.2. The molecule has 0 fully saturated rings. The van der Waals surface area contributed by atoms with Crippen molar-refractivity contribution in [2.75, 3.05) is 20.3 Å². The summed E-state index contributed by atoms with van der Waals surface area (Å²) in [5, 5.41) is 3.05. The molecule has 0 spiro atoms. The molecule has 14 heavy (non-hydrogen) atoms. The predicted molar refractivity (Wildman–Crippen MR) is 55.2 cm³/mol. The molecule has 1 atom stereocenters. The van der Waals surface area contributed by atoms with E-state index in [0.29, 0.717) is 6.61 Å². The highest BCUT2D eigenvalue weighted by Crippen LogP contribution is 2.07. The first kappa shape index (κ1) is 13.4. The summed E-state index contributed by atoms with van der Waals surface area (Å²) < 4.78 is 10.1. The van der Waals surface area contributed by atoms with E-state index in [1.165, 1.54) is 0 Å². The average Bonchev–Trinajstić information content (AvgIpc) is 2.04. The molecule has 0 aliphatic carbocycles. The zero-order valence-corrected chi connectivity index (χ0v) is 9.72. The van der Waals surface area contributed by atoms with Crippen LogP contribution in [0.5, 0.6) is 0 Å². The number of methoxy groups -OCH3 is 1. The first-order chi connectivity index (χ1) is 6.44. The van der Waals surface area contributed by atoms with E-state index < -0.39 is 5.54 Å². The Morgan fingerprint density at radius 3 is 2.50 bits per heavy atom. The lowest BCUT2D eigenvalue weighted by molar-refractivity contribution is -0.157. The maximum atomic E-state index is 11.6. The highest BCUT2D eigenvalue weighted by Gasteiger charge is 2.29. The summed E-state index contributed by atoms with van der Waals surface area (Å²) in [5.74, 6) is -0.246. The molecule has 0 heterocycles. The molecule has 0 aromatic heterocycles. The Hall–Kier alpha value is -0.610. The number of nitrogens with one attached hydrogen (secondary N) is 1. The van der Waals surface area contributed by atoms with E-state index in [4.69, 9.17) is 9.47 Å². The Balaban J connectivity index is 4.05. The molecule has 0 aromatic carbocycles. The molecular weight excluding hydrogens is 182 g/mol. The molecule has 0 aliphatic heterocycles. The fourth-order valence-electron chi connectivity index (χ4n) is 1.11. The summed E-state index contributed by atoms with van der Waals surface area (Å²) in [6.45, 7) is 8.53. The minimum absolute atomic E-state index is 0.203. The van der Waals surface area contributed by atoms with Crippen LogP contribution < -0.4 is 5.32 Å². The zero-order valence-electron chi connectivity index (χ0n) is 9.72. The standard InChI is InChI=1S/C10H21NO3/c1-6-11-10(3,4)9(12)14-8(2)7-13-5/h8,11H,6-7H2,1-5H3. The van der Waals surface area contributed by atoms with Gasteiger partial charge in [-0.2, -0.15) is 0 Å². The van der Waals surface area contributed by atoms with Gasteiger partial charge in [0.05, 0.1) is 6.61 Å². The van der Waals surface area contributed by atoms with Crippen molar-refractivity contribution in [3.63, 3.8) is 0 Å². The number of hydrogen-bond acceptors (Lipinski definition) is 4. The van der Waals surface area contributed by atoms with Crippen molar-refractivity contribution in [2.45, 2.75) is 39.3 Å². The summed E-state index contributed by atoms with van der Waals surface area (Å²) in [4.78, 5) is 11.6. The van der Waals surface area contributed by atoms with Crippen LogP contribution in [0.15, 0.2) is 0 Å². The largest absolute Gasteiger partial charge is 0.459 e. The SMILES string of the molecule is CCNC(C)(C)C(=O)OC(C)COC. The molecule has 4 heteroatoms. The van der Waals surface area contributed by atoms with Crippen LogP contribution in [0, 0.1) is 0 Å². The van der Waals surface area contributed by atoms with E-state index in [0.717, 1.165) is 6.54 Å². The summed E-state index contributed by atoms with van der Waals surface area (Å²) in [7, 11) is 1.58. The number of ether oxygens (including phenoxy) is 2. The van der Waals surface area contributed by atoms with Crippen LogP contribution >= 0.6 is 0 Å². The predicted octanol–water partition coefficient (Wildman–Crippen LogP) is 0.953. The second-order valence-electron chi connectivity index (χ2n) is 3.83. The molecular formula is C10H21NO3. The molecule has 0 rings (SSSR count). The second kappa shape index (κ2) is 5.98. The highest BCUT2D eigenvalue weighted by atomic mass is 16.6. The van der Waals surface area contributed by atoms with Crippen molar-refractivity contribution < 1.29 is 14.3 Å². The van der Waals surface area contributed by atoms with Gasteiger partial charge in [0, 0.05) is 7.11 Å². The summed E-state index contributed by atoms with van der Waals surface area (Å²) in [6, 6.07) is 0. The van der Waals surface area contributed by atoms with Crippen LogP contribution in [0.1, 0.15) is 27.7 Å². The highest BCUT2D eigenvalue weighted by molar-refractivity contribution is 5.79. The van der Waals surface area contributed by atoms with E-state index in [9.17, 15) is 4.79 Å². The quantitative estimate of drug-likeness (QED) is 0.653. The molecule has 0 saturated heterocycles. The van der Waals surface area contributed by atoms with Crippen molar-refractivity contribution in [1.29, 1.82) is 0 Å². The maximum Gasteiger partial charge on any atom is 0.326 e. The van der Waals surface area contributed by atoms with Gasteiger partial charge >= 0.3 is 5.97 Å². The summed E-state index contributed by atoms with van der Waals surface area (Å²) >= 11 is 0. The van der Waals surface area contributed by atoms with Crippen LogP contribution in [0.4, 0.5) is 0 Å². The number of hydrogen-bond donors (Lipinski definition) is 1. The van der Waals surface area contributed by atoms with Crippen LogP contribution in [0.3, 0.4) is 0 Å². The van der Waals surface area contributed by atoms with Gasteiger partial charge in [-0.1, -0.05) is 6.92 Å². The van der Waals surface area contributed by atoms with Gasteiger partial charge in [-0.15, -0.1) is 0 Å². The summed E-state index contributed by atoms with van der Waals surface area (Å²) in [5.41, 5.74) is -0.628. The van der Waals surface area contributed by atoms with Crippen LogP contribution in [0.2, 0.25) is 0 Å². The Labute approximate surface area is 86.0 Å². The fourth-order valence-corrected chi connectivity index (χ4v) is 1.11. The molecule has 0 amide bonds. The lowest BCUT2D eigenvalue weighted by atomic mass is 10.1. The van der Waals surface area contributed by atoms with Gasteiger partial charge in [0.2, 0.25) is 0 Å². The van der Waals surface area contributed by atoms with Gasteiger partial charge in [-0.25, -0.2) is 0 Å². The van der Waals surface area contributed by atoms with Gasteiger partial charge in [-0.05, 0) is 27.3 Å². The number of esters is 1. The van der Waals surface area contributed by atoms with Crippen molar-refractivity contribution in [3.05, 3.63) is 0 Å². The number of carbonyl (C=O) groups excluding carboxylic acids is 1.